The zero-order valence-corrected chi connectivity index (χ0v) is 11.3. The van der Waals surface area contributed by atoms with Crippen LogP contribution in [0.3, 0.4) is 0 Å². The van der Waals surface area contributed by atoms with Gasteiger partial charge in [-0.05, 0) is 40.2 Å². The Morgan fingerprint density at radius 3 is 2.56 bits per heavy atom. The second kappa shape index (κ2) is 7.25. The van der Waals surface area contributed by atoms with Gasteiger partial charge in [0.25, 0.3) is 0 Å². The molecule has 1 N–H and O–H groups in total. The first-order chi connectivity index (χ1) is 7.65. The molecule has 0 amide bonds. The van der Waals surface area contributed by atoms with E-state index in [9.17, 15) is 0 Å². The van der Waals surface area contributed by atoms with Crippen LogP contribution in [0.4, 0.5) is 0 Å². The van der Waals surface area contributed by atoms with Crippen LogP contribution in [0.25, 0.3) is 0 Å². The second-order valence-electron chi connectivity index (χ2n) is 5.24. The lowest BCUT2D eigenvalue weighted by molar-refractivity contribution is 0.0690. The highest BCUT2D eigenvalue weighted by atomic mass is 16.5. The number of nitrogens with zero attached hydrogens (tertiary/aromatic N) is 1. The van der Waals surface area contributed by atoms with E-state index in [1.54, 1.807) is 7.11 Å². The summed E-state index contributed by atoms with van der Waals surface area (Å²) in [4.78, 5) is 2.55. The summed E-state index contributed by atoms with van der Waals surface area (Å²) in [5.41, 5.74) is 0. The maximum atomic E-state index is 5.26. The standard InChI is InChI=1S/C13H28N2O/c1-11(2)15(12(3)10-16-4)9-13-7-5-6-8-14-13/h11-14H,5-10H2,1-4H3. The molecule has 16 heavy (non-hydrogen) atoms. The molecule has 1 heterocycles. The molecule has 1 aliphatic rings. The molecule has 1 aliphatic heterocycles. The van der Waals surface area contributed by atoms with Gasteiger partial charge in [-0.1, -0.05) is 6.42 Å². The zero-order valence-electron chi connectivity index (χ0n) is 11.3. The summed E-state index contributed by atoms with van der Waals surface area (Å²) < 4.78 is 5.26. The summed E-state index contributed by atoms with van der Waals surface area (Å²) in [5, 5.41) is 3.62. The van der Waals surface area contributed by atoms with Crippen LogP contribution in [0.1, 0.15) is 40.0 Å². The van der Waals surface area contributed by atoms with E-state index < -0.39 is 0 Å². The van der Waals surface area contributed by atoms with Crippen molar-refractivity contribution in [3.8, 4) is 0 Å². The van der Waals surface area contributed by atoms with Crippen LogP contribution in [0.15, 0.2) is 0 Å². The summed E-state index contributed by atoms with van der Waals surface area (Å²) in [5.74, 6) is 0. The number of ether oxygens (including phenoxy) is 1. The Bertz CT molecular complexity index is 179. The van der Waals surface area contributed by atoms with Gasteiger partial charge in [0.15, 0.2) is 0 Å². The lowest BCUT2D eigenvalue weighted by atomic mass is 10.0. The van der Waals surface area contributed by atoms with E-state index >= 15 is 0 Å². The van der Waals surface area contributed by atoms with Gasteiger partial charge in [-0.3, -0.25) is 4.90 Å². The van der Waals surface area contributed by atoms with Crippen LogP contribution in [-0.4, -0.2) is 49.8 Å². The van der Waals surface area contributed by atoms with E-state index in [0.717, 1.165) is 13.2 Å². The second-order valence-corrected chi connectivity index (χ2v) is 5.24. The van der Waals surface area contributed by atoms with Crippen molar-refractivity contribution in [2.24, 2.45) is 0 Å². The Balaban J connectivity index is 2.42. The number of methoxy groups -OCH3 is 1. The first-order valence-corrected chi connectivity index (χ1v) is 6.63. The molecule has 0 radical (unpaired) electrons. The van der Waals surface area contributed by atoms with E-state index in [1.807, 2.05) is 0 Å². The van der Waals surface area contributed by atoms with Crippen LogP contribution in [0.2, 0.25) is 0 Å². The molecule has 3 nitrogen and oxygen atoms in total. The maximum Gasteiger partial charge on any atom is 0.0615 e. The predicted octanol–water partition coefficient (Wildman–Crippen LogP) is 1.87. The predicted molar refractivity (Wildman–Crippen MR) is 68.8 cm³/mol. The molecule has 96 valence electrons. The number of hydrogen-bond donors (Lipinski definition) is 1. The number of piperidine rings is 1. The van der Waals surface area contributed by atoms with Crippen molar-refractivity contribution in [2.45, 2.75) is 58.2 Å². The fourth-order valence-corrected chi connectivity index (χ4v) is 2.57. The Morgan fingerprint density at radius 1 is 1.31 bits per heavy atom. The third kappa shape index (κ3) is 4.40. The third-order valence-electron chi connectivity index (χ3n) is 3.48. The van der Waals surface area contributed by atoms with Crippen LogP contribution in [0.5, 0.6) is 0 Å². The van der Waals surface area contributed by atoms with E-state index in [-0.39, 0.29) is 0 Å². The Labute approximate surface area is 101 Å². The number of nitrogens with one attached hydrogen (secondary N) is 1. The molecule has 1 saturated heterocycles. The maximum absolute atomic E-state index is 5.26. The lowest BCUT2D eigenvalue weighted by Gasteiger charge is -2.36. The highest BCUT2D eigenvalue weighted by Gasteiger charge is 2.22. The van der Waals surface area contributed by atoms with Crippen molar-refractivity contribution in [3.63, 3.8) is 0 Å². The molecule has 0 aliphatic carbocycles. The van der Waals surface area contributed by atoms with Crippen molar-refractivity contribution in [1.29, 1.82) is 0 Å². The third-order valence-corrected chi connectivity index (χ3v) is 3.48. The monoisotopic (exact) mass is 228 g/mol. The van der Waals surface area contributed by atoms with Crippen molar-refractivity contribution >= 4 is 0 Å². The molecule has 0 saturated carbocycles. The highest BCUT2D eigenvalue weighted by molar-refractivity contribution is 4.80. The van der Waals surface area contributed by atoms with Crippen LogP contribution >= 0.6 is 0 Å². The quantitative estimate of drug-likeness (QED) is 0.751. The minimum atomic E-state index is 0.508. The zero-order chi connectivity index (χ0) is 12.0. The first kappa shape index (κ1) is 13.9. The van der Waals surface area contributed by atoms with E-state index in [4.69, 9.17) is 4.74 Å². The Morgan fingerprint density at radius 2 is 2.06 bits per heavy atom. The Hall–Kier alpha value is -0.120. The van der Waals surface area contributed by atoms with Crippen molar-refractivity contribution in [2.75, 3.05) is 26.8 Å². The minimum absolute atomic E-state index is 0.508. The summed E-state index contributed by atoms with van der Waals surface area (Å²) in [6, 6.07) is 1.78. The molecule has 0 bridgehead atoms. The average Bonchev–Trinajstić information content (AvgIpc) is 2.27. The van der Waals surface area contributed by atoms with Gasteiger partial charge in [-0.25, -0.2) is 0 Å². The molecule has 0 aromatic rings. The minimum Gasteiger partial charge on any atom is -0.383 e. The van der Waals surface area contributed by atoms with Gasteiger partial charge in [0.05, 0.1) is 6.61 Å². The summed E-state index contributed by atoms with van der Waals surface area (Å²) in [6.45, 7) is 9.97. The molecule has 0 aromatic carbocycles. The van der Waals surface area contributed by atoms with Crippen LogP contribution in [-0.2, 0) is 4.74 Å². The highest BCUT2D eigenvalue weighted by Crippen LogP contribution is 2.13. The lowest BCUT2D eigenvalue weighted by Crippen LogP contribution is -2.50. The molecule has 1 fully saturated rings. The molecule has 2 atom stereocenters. The Kier molecular flexibility index (Phi) is 6.32. The molecular formula is C13H28N2O. The van der Waals surface area contributed by atoms with Gasteiger partial charge in [-0.2, -0.15) is 0 Å². The fraction of sp³-hybridized carbons (Fsp3) is 1.00. The molecule has 3 heteroatoms. The van der Waals surface area contributed by atoms with E-state index in [1.165, 1.54) is 25.8 Å². The first-order valence-electron chi connectivity index (χ1n) is 6.63. The van der Waals surface area contributed by atoms with Gasteiger partial charge in [-0.15, -0.1) is 0 Å². The van der Waals surface area contributed by atoms with Crippen molar-refractivity contribution < 1.29 is 4.74 Å². The summed E-state index contributed by atoms with van der Waals surface area (Å²) >= 11 is 0. The largest absolute Gasteiger partial charge is 0.383 e. The van der Waals surface area contributed by atoms with Crippen molar-refractivity contribution in [1.82, 2.24) is 10.2 Å². The fourth-order valence-electron chi connectivity index (χ4n) is 2.57. The normalized spacial score (nSPS) is 24.0. The van der Waals surface area contributed by atoms with Gasteiger partial charge >= 0.3 is 0 Å². The van der Waals surface area contributed by atoms with Crippen LogP contribution in [0, 0.1) is 0 Å². The molecule has 0 spiro atoms. The summed E-state index contributed by atoms with van der Waals surface area (Å²) in [6.07, 6.45) is 4.04. The van der Waals surface area contributed by atoms with E-state index in [2.05, 4.69) is 31.0 Å². The smallest absolute Gasteiger partial charge is 0.0615 e. The summed E-state index contributed by atoms with van der Waals surface area (Å²) in [7, 11) is 1.79. The van der Waals surface area contributed by atoms with E-state index in [0.29, 0.717) is 18.1 Å². The molecule has 0 aromatic heterocycles. The molecule has 1 rings (SSSR count). The SMILES string of the molecule is COCC(C)N(CC1CCCCN1)C(C)C. The molecular weight excluding hydrogens is 200 g/mol. The topological polar surface area (TPSA) is 24.5 Å². The molecule has 2 unspecified atom stereocenters. The van der Waals surface area contributed by atoms with Crippen LogP contribution < -0.4 is 5.32 Å². The average molecular weight is 228 g/mol. The van der Waals surface area contributed by atoms with Gasteiger partial charge < -0.3 is 10.1 Å². The number of rotatable bonds is 6. The van der Waals surface area contributed by atoms with Gasteiger partial charge in [0.2, 0.25) is 0 Å². The van der Waals surface area contributed by atoms with Crippen molar-refractivity contribution in [3.05, 3.63) is 0 Å². The number of hydrogen-bond acceptors (Lipinski definition) is 3. The van der Waals surface area contributed by atoms with Gasteiger partial charge in [0.1, 0.15) is 0 Å². The van der Waals surface area contributed by atoms with Gasteiger partial charge in [0, 0.05) is 31.8 Å².